The number of unbranched alkanes of at least 4 members (excludes halogenated alkanes) is 1. The number of hydrogen-bond acceptors (Lipinski definition) is 4. The highest BCUT2D eigenvalue weighted by atomic mass is 16.3. The molecule has 5 nitrogen and oxygen atoms in total. The minimum atomic E-state index is -0.0377. The molecule has 0 aliphatic carbocycles. The monoisotopic (exact) mass is 295 g/mol. The molecule has 5 heteroatoms. The second-order valence-electron chi connectivity index (χ2n) is 5.07. The maximum atomic E-state index is 11.9. The Labute approximate surface area is 128 Å². The number of furan rings is 1. The van der Waals surface area contributed by atoms with Gasteiger partial charge in [-0.15, -0.1) is 0 Å². The van der Waals surface area contributed by atoms with Gasteiger partial charge in [-0.05, 0) is 12.5 Å². The minimum Gasteiger partial charge on any atom is -0.438 e. The summed E-state index contributed by atoms with van der Waals surface area (Å²) in [4.78, 5) is 20.2. The molecule has 0 spiro atoms. The molecule has 0 unspecified atom stereocenters. The van der Waals surface area contributed by atoms with Crippen molar-refractivity contribution in [3.05, 3.63) is 42.7 Å². The first kappa shape index (κ1) is 14.3. The van der Waals surface area contributed by atoms with Crippen LogP contribution >= 0.6 is 0 Å². The fourth-order valence-corrected chi connectivity index (χ4v) is 2.23. The second kappa shape index (κ2) is 6.39. The number of nitrogens with zero attached hydrogens (tertiary/aromatic N) is 2. The summed E-state index contributed by atoms with van der Waals surface area (Å²) in [5.74, 6) is 1.17. The summed E-state index contributed by atoms with van der Waals surface area (Å²) in [6.45, 7) is 2.05. The average molecular weight is 295 g/mol. The third-order valence-corrected chi connectivity index (χ3v) is 3.40. The number of fused-ring (bicyclic) bond motifs is 1. The fourth-order valence-electron chi connectivity index (χ4n) is 2.23. The van der Waals surface area contributed by atoms with Crippen LogP contribution in [0.1, 0.15) is 26.2 Å². The molecule has 0 aliphatic heterocycles. The van der Waals surface area contributed by atoms with Gasteiger partial charge in [-0.25, -0.2) is 9.97 Å². The van der Waals surface area contributed by atoms with Gasteiger partial charge in [0.2, 0.25) is 11.6 Å². The molecule has 22 heavy (non-hydrogen) atoms. The zero-order valence-electron chi connectivity index (χ0n) is 12.4. The quantitative estimate of drug-likeness (QED) is 0.772. The van der Waals surface area contributed by atoms with Crippen molar-refractivity contribution in [1.82, 2.24) is 9.97 Å². The van der Waals surface area contributed by atoms with Crippen molar-refractivity contribution in [3.63, 3.8) is 0 Å². The summed E-state index contributed by atoms with van der Waals surface area (Å²) < 4.78 is 5.76. The Kier molecular flexibility index (Phi) is 4.14. The molecule has 0 saturated heterocycles. The number of nitrogens with one attached hydrogen (secondary N) is 1. The van der Waals surface area contributed by atoms with Crippen molar-refractivity contribution in [2.45, 2.75) is 26.2 Å². The molecule has 2 heterocycles. The first-order valence-corrected chi connectivity index (χ1v) is 7.37. The van der Waals surface area contributed by atoms with Gasteiger partial charge >= 0.3 is 0 Å². The largest absolute Gasteiger partial charge is 0.438 e. The maximum absolute atomic E-state index is 11.9. The molecule has 0 bridgehead atoms. The van der Waals surface area contributed by atoms with Crippen molar-refractivity contribution in [2.24, 2.45) is 0 Å². The summed E-state index contributed by atoms with van der Waals surface area (Å²) in [5.41, 5.74) is 1.43. The molecule has 3 aromatic rings. The topological polar surface area (TPSA) is 68.0 Å². The number of anilines is 1. The molecule has 1 aromatic carbocycles. The Morgan fingerprint density at radius 2 is 2.05 bits per heavy atom. The van der Waals surface area contributed by atoms with Crippen molar-refractivity contribution in [1.29, 1.82) is 0 Å². The lowest BCUT2D eigenvalue weighted by Crippen LogP contribution is -2.12. The zero-order valence-corrected chi connectivity index (χ0v) is 12.4. The van der Waals surface area contributed by atoms with Crippen molar-refractivity contribution in [2.75, 3.05) is 5.32 Å². The second-order valence-corrected chi connectivity index (χ2v) is 5.07. The van der Waals surface area contributed by atoms with E-state index in [1.165, 1.54) is 6.33 Å². The van der Waals surface area contributed by atoms with Crippen LogP contribution in [-0.4, -0.2) is 15.9 Å². The van der Waals surface area contributed by atoms with Gasteiger partial charge < -0.3 is 9.73 Å². The van der Waals surface area contributed by atoms with Crippen molar-refractivity contribution >= 4 is 22.8 Å². The Bertz CT molecular complexity index is 781. The van der Waals surface area contributed by atoms with Crippen molar-refractivity contribution < 1.29 is 9.21 Å². The van der Waals surface area contributed by atoms with E-state index in [0.29, 0.717) is 29.1 Å². The van der Waals surface area contributed by atoms with E-state index in [4.69, 9.17) is 4.42 Å². The summed E-state index contributed by atoms with van der Waals surface area (Å²) in [7, 11) is 0. The Hall–Kier alpha value is -2.69. The number of amides is 1. The van der Waals surface area contributed by atoms with Crippen LogP contribution in [0, 0.1) is 0 Å². The molecular weight excluding hydrogens is 278 g/mol. The summed E-state index contributed by atoms with van der Waals surface area (Å²) >= 11 is 0. The van der Waals surface area contributed by atoms with E-state index in [2.05, 4.69) is 22.2 Å². The van der Waals surface area contributed by atoms with Gasteiger partial charge in [0, 0.05) is 12.0 Å². The standard InChI is InChI=1S/C17H17N3O2/c1-2-3-9-15(21)20-16-13-10-14(12-7-5-4-6-8-12)22-17(13)19-11-18-16/h4-8,10-11H,2-3,9H2,1H3,(H,18,19,20,21). The third-order valence-electron chi connectivity index (χ3n) is 3.40. The van der Waals surface area contributed by atoms with Gasteiger partial charge in [0.25, 0.3) is 0 Å². The first-order valence-electron chi connectivity index (χ1n) is 7.37. The highest BCUT2D eigenvalue weighted by Gasteiger charge is 2.13. The summed E-state index contributed by atoms with van der Waals surface area (Å²) in [6, 6.07) is 11.6. The average Bonchev–Trinajstić information content (AvgIpc) is 2.99. The van der Waals surface area contributed by atoms with Crippen LogP contribution in [0.2, 0.25) is 0 Å². The molecule has 1 amide bonds. The van der Waals surface area contributed by atoms with E-state index in [-0.39, 0.29) is 5.91 Å². The number of carbonyl (C=O) groups is 1. The van der Waals surface area contributed by atoms with E-state index in [1.54, 1.807) is 0 Å². The van der Waals surface area contributed by atoms with Gasteiger partial charge in [0.05, 0.1) is 5.39 Å². The van der Waals surface area contributed by atoms with E-state index >= 15 is 0 Å². The Morgan fingerprint density at radius 3 is 2.82 bits per heavy atom. The van der Waals surface area contributed by atoms with Gasteiger partial charge in [-0.3, -0.25) is 4.79 Å². The molecule has 0 atom stereocenters. The molecular formula is C17H17N3O2. The fraction of sp³-hybridized carbons (Fsp3) is 0.235. The van der Waals surface area contributed by atoms with Gasteiger partial charge in [0.1, 0.15) is 17.9 Å². The lowest BCUT2D eigenvalue weighted by molar-refractivity contribution is -0.116. The number of rotatable bonds is 5. The van der Waals surface area contributed by atoms with Crippen LogP contribution in [0.15, 0.2) is 47.1 Å². The normalized spacial score (nSPS) is 10.8. The summed E-state index contributed by atoms with van der Waals surface area (Å²) in [5, 5.41) is 3.55. The molecule has 3 rings (SSSR count). The van der Waals surface area contributed by atoms with Gasteiger partial charge in [-0.2, -0.15) is 0 Å². The molecule has 0 aliphatic rings. The number of benzene rings is 1. The lowest BCUT2D eigenvalue weighted by atomic mass is 10.1. The molecule has 112 valence electrons. The minimum absolute atomic E-state index is 0.0377. The highest BCUT2D eigenvalue weighted by Crippen LogP contribution is 2.29. The van der Waals surface area contributed by atoms with Crippen LogP contribution < -0.4 is 5.32 Å². The van der Waals surface area contributed by atoms with Crippen molar-refractivity contribution in [3.8, 4) is 11.3 Å². The molecule has 2 aromatic heterocycles. The predicted molar refractivity (Wildman–Crippen MR) is 85.4 cm³/mol. The van der Waals surface area contributed by atoms with Crippen LogP contribution in [0.3, 0.4) is 0 Å². The Morgan fingerprint density at radius 1 is 1.23 bits per heavy atom. The van der Waals surface area contributed by atoms with E-state index < -0.39 is 0 Å². The first-order chi connectivity index (χ1) is 10.8. The lowest BCUT2D eigenvalue weighted by Gasteiger charge is -2.03. The number of carbonyl (C=O) groups excluding carboxylic acids is 1. The maximum Gasteiger partial charge on any atom is 0.231 e. The van der Waals surface area contributed by atoms with Gasteiger partial charge in [0.15, 0.2) is 0 Å². The summed E-state index contributed by atoms with van der Waals surface area (Å²) in [6.07, 6.45) is 3.73. The van der Waals surface area contributed by atoms with Crippen LogP contribution in [0.5, 0.6) is 0 Å². The van der Waals surface area contributed by atoms with Crippen LogP contribution in [-0.2, 0) is 4.79 Å². The predicted octanol–water partition coefficient (Wildman–Crippen LogP) is 4.02. The third kappa shape index (κ3) is 2.98. The van der Waals surface area contributed by atoms with Crippen LogP contribution in [0.4, 0.5) is 5.82 Å². The number of aromatic nitrogens is 2. The number of hydrogen-bond donors (Lipinski definition) is 1. The molecule has 0 saturated carbocycles. The molecule has 0 fully saturated rings. The highest BCUT2D eigenvalue weighted by molar-refractivity contribution is 5.99. The van der Waals surface area contributed by atoms with Crippen LogP contribution in [0.25, 0.3) is 22.4 Å². The smallest absolute Gasteiger partial charge is 0.231 e. The zero-order chi connectivity index (χ0) is 15.4. The van der Waals surface area contributed by atoms with E-state index in [1.807, 2.05) is 36.4 Å². The van der Waals surface area contributed by atoms with Gasteiger partial charge in [-0.1, -0.05) is 43.7 Å². The molecule has 1 N–H and O–H groups in total. The van der Waals surface area contributed by atoms with E-state index in [9.17, 15) is 4.79 Å². The SMILES string of the molecule is CCCCC(=O)Nc1ncnc2oc(-c3ccccc3)cc12. The Balaban J connectivity index is 1.92. The van der Waals surface area contributed by atoms with E-state index in [0.717, 1.165) is 18.4 Å². The molecule has 0 radical (unpaired) electrons.